The number of Topliss-reactive ketones (excluding diaryl/α,β-unsaturated/α-hetero) is 1. The molecule has 6 atom stereocenters. The van der Waals surface area contributed by atoms with E-state index in [0.717, 1.165) is 24.1 Å². The molecule has 3 N–H and O–H groups in total. The molecule has 260 valence electrons. The van der Waals surface area contributed by atoms with E-state index in [-0.39, 0.29) is 36.6 Å². The molecule has 2 aliphatic carbocycles. The molecule has 0 unspecified atom stereocenters. The van der Waals surface area contributed by atoms with Crippen LogP contribution in [0.3, 0.4) is 0 Å². The summed E-state index contributed by atoms with van der Waals surface area (Å²) in [4.78, 5) is 79.6. The minimum Gasteiger partial charge on any atom is -0.387 e. The summed E-state index contributed by atoms with van der Waals surface area (Å²) < 4.78 is 0. The van der Waals surface area contributed by atoms with Gasteiger partial charge in [0.25, 0.3) is 5.91 Å². The van der Waals surface area contributed by atoms with Crippen molar-refractivity contribution >= 4 is 46.7 Å². The standard InChI is InChI=1S/C36H43ClN6O6/c1-35(2,3)30(41-31(45)24-16-23(24)25-10-5-6-13-39-25)34(48)43-19-36(17-27(42-49-36)21-8-7-9-22(37)15-21)18-28(43)32(46)40-26(14-20-11-12-20)29(44)33(47)38-4/h5-10,13,15,20,23-24,26,28,30H,11-12,14,16-19H2,1-4H3,(H,38,47)(H,40,46)(H,41,45)/t23-,24-,26+,28+,30-,36-/m1/s1. The topological polar surface area (TPSA) is 159 Å². The van der Waals surface area contributed by atoms with Crippen LogP contribution in [-0.2, 0) is 28.8 Å². The lowest BCUT2D eigenvalue weighted by Crippen LogP contribution is -2.59. The fourth-order valence-corrected chi connectivity index (χ4v) is 7.08. The molecule has 0 radical (unpaired) electrons. The van der Waals surface area contributed by atoms with Crippen LogP contribution in [0.5, 0.6) is 0 Å². The second-order valence-corrected chi connectivity index (χ2v) is 15.3. The molecule has 4 aliphatic rings. The number of hydrogen-bond donors (Lipinski definition) is 3. The zero-order valence-electron chi connectivity index (χ0n) is 28.2. The zero-order chi connectivity index (χ0) is 35.1. The van der Waals surface area contributed by atoms with Crippen molar-refractivity contribution in [3.8, 4) is 0 Å². The molecule has 49 heavy (non-hydrogen) atoms. The van der Waals surface area contributed by atoms with E-state index in [1.807, 2.05) is 51.1 Å². The number of ketones is 1. The Morgan fingerprint density at radius 2 is 1.84 bits per heavy atom. The summed E-state index contributed by atoms with van der Waals surface area (Å²) in [6.45, 7) is 5.61. The molecule has 1 aromatic carbocycles. The summed E-state index contributed by atoms with van der Waals surface area (Å²) in [5.74, 6) is -2.89. The van der Waals surface area contributed by atoms with E-state index in [4.69, 9.17) is 16.4 Å². The van der Waals surface area contributed by atoms with Gasteiger partial charge in [0, 0.05) is 54.2 Å². The molecule has 3 fully saturated rings. The summed E-state index contributed by atoms with van der Waals surface area (Å²) in [5, 5.41) is 13.1. The Labute approximate surface area is 290 Å². The van der Waals surface area contributed by atoms with Crippen LogP contribution in [0.1, 0.15) is 76.5 Å². The predicted octanol–water partition coefficient (Wildman–Crippen LogP) is 3.13. The highest BCUT2D eigenvalue weighted by Crippen LogP contribution is 2.47. The van der Waals surface area contributed by atoms with Crippen molar-refractivity contribution in [3.63, 3.8) is 0 Å². The largest absolute Gasteiger partial charge is 0.387 e. The van der Waals surface area contributed by atoms with Gasteiger partial charge >= 0.3 is 0 Å². The van der Waals surface area contributed by atoms with E-state index in [2.05, 4.69) is 26.1 Å². The first-order valence-corrected chi connectivity index (χ1v) is 17.3. The van der Waals surface area contributed by atoms with Crippen LogP contribution in [0.2, 0.25) is 5.02 Å². The van der Waals surface area contributed by atoms with Crippen LogP contribution in [0, 0.1) is 17.3 Å². The second kappa shape index (κ2) is 13.5. The fourth-order valence-electron chi connectivity index (χ4n) is 6.89. The molecule has 4 amide bonds. The van der Waals surface area contributed by atoms with Crippen LogP contribution in [0.15, 0.2) is 53.8 Å². The number of carbonyl (C=O) groups excluding carboxylic acids is 5. The maximum Gasteiger partial charge on any atom is 0.289 e. The quantitative estimate of drug-likeness (QED) is 0.306. The van der Waals surface area contributed by atoms with Gasteiger partial charge in [0.05, 0.1) is 18.3 Å². The first-order chi connectivity index (χ1) is 23.3. The smallest absolute Gasteiger partial charge is 0.289 e. The van der Waals surface area contributed by atoms with Crippen LogP contribution < -0.4 is 16.0 Å². The number of hydrogen-bond acceptors (Lipinski definition) is 8. The number of carbonyl (C=O) groups is 5. The molecule has 3 heterocycles. The number of likely N-dealkylation sites (tertiary alicyclic amines) is 1. The molecule has 2 saturated carbocycles. The maximum absolute atomic E-state index is 14.6. The fraction of sp³-hybridized carbons (Fsp3) is 0.528. The van der Waals surface area contributed by atoms with Crippen LogP contribution in [0.4, 0.5) is 0 Å². The zero-order valence-corrected chi connectivity index (χ0v) is 29.0. The van der Waals surface area contributed by atoms with E-state index in [1.165, 1.54) is 11.9 Å². The van der Waals surface area contributed by atoms with Gasteiger partial charge in [0.1, 0.15) is 12.1 Å². The molecule has 1 spiro atoms. The third-order valence-corrected chi connectivity index (χ3v) is 10.2. The average Bonchev–Trinajstić information content (AvgIpc) is 4.00. The maximum atomic E-state index is 14.6. The number of benzene rings is 1. The lowest BCUT2D eigenvalue weighted by atomic mass is 9.85. The third-order valence-electron chi connectivity index (χ3n) is 9.93. The van der Waals surface area contributed by atoms with Crippen LogP contribution >= 0.6 is 11.6 Å². The highest BCUT2D eigenvalue weighted by molar-refractivity contribution is 6.38. The number of amides is 4. The van der Waals surface area contributed by atoms with Gasteiger partial charge in [-0.15, -0.1) is 0 Å². The molecule has 1 saturated heterocycles. The van der Waals surface area contributed by atoms with Gasteiger partial charge < -0.3 is 25.7 Å². The summed E-state index contributed by atoms with van der Waals surface area (Å²) in [6.07, 6.45) is 4.89. The average molecular weight is 691 g/mol. The van der Waals surface area contributed by atoms with Crippen LogP contribution in [0.25, 0.3) is 0 Å². The monoisotopic (exact) mass is 690 g/mol. The Balaban J connectivity index is 1.25. The summed E-state index contributed by atoms with van der Waals surface area (Å²) in [7, 11) is 1.37. The van der Waals surface area contributed by atoms with Gasteiger partial charge in [-0.2, -0.15) is 0 Å². The van der Waals surface area contributed by atoms with E-state index >= 15 is 0 Å². The first-order valence-electron chi connectivity index (χ1n) is 16.9. The van der Waals surface area contributed by atoms with Gasteiger partial charge in [-0.1, -0.05) is 68.6 Å². The predicted molar refractivity (Wildman–Crippen MR) is 181 cm³/mol. The number of nitrogens with zero attached hydrogens (tertiary/aromatic N) is 3. The molecule has 13 heteroatoms. The number of nitrogens with one attached hydrogen (secondary N) is 3. The van der Waals surface area contributed by atoms with E-state index in [0.29, 0.717) is 30.0 Å². The lowest BCUT2D eigenvalue weighted by molar-refractivity contribution is -0.145. The molecule has 1 aromatic heterocycles. The number of rotatable bonds is 11. The van der Waals surface area contributed by atoms with Crippen molar-refractivity contribution < 1.29 is 28.8 Å². The Morgan fingerprint density at radius 1 is 1.06 bits per heavy atom. The normalized spacial score (nSPS) is 25.5. The van der Waals surface area contributed by atoms with E-state index in [1.54, 1.807) is 18.3 Å². The number of pyridine rings is 1. The molecule has 2 aromatic rings. The van der Waals surface area contributed by atoms with Crippen molar-refractivity contribution in [2.45, 2.75) is 88.9 Å². The van der Waals surface area contributed by atoms with E-state index < -0.39 is 52.6 Å². The summed E-state index contributed by atoms with van der Waals surface area (Å²) in [6, 6.07) is 9.75. The van der Waals surface area contributed by atoms with Gasteiger partial charge in [-0.05, 0) is 48.4 Å². The molecule has 2 aliphatic heterocycles. The Kier molecular flexibility index (Phi) is 9.54. The van der Waals surface area contributed by atoms with Crippen molar-refractivity contribution in [1.29, 1.82) is 0 Å². The van der Waals surface area contributed by atoms with Gasteiger partial charge in [-0.3, -0.25) is 29.0 Å². The number of likely N-dealkylation sites (N-methyl/N-ethyl adjacent to an activating group) is 1. The second-order valence-electron chi connectivity index (χ2n) is 14.9. The van der Waals surface area contributed by atoms with Crippen molar-refractivity contribution in [3.05, 3.63) is 64.9 Å². The van der Waals surface area contributed by atoms with Gasteiger partial charge in [0.15, 0.2) is 5.60 Å². The Bertz CT molecular complexity index is 1670. The highest BCUT2D eigenvalue weighted by atomic mass is 35.5. The first kappa shape index (κ1) is 34.5. The summed E-state index contributed by atoms with van der Waals surface area (Å²) in [5.41, 5.74) is 0.482. The van der Waals surface area contributed by atoms with E-state index in [9.17, 15) is 24.0 Å². The van der Waals surface area contributed by atoms with Crippen molar-refractivity contribution in [2.24, 2.45) is 22.4 Å². The van der Waals surface area contributed by atoms with Crippen LogP contribution in [-0.4, -0.2) is 82.3 Å². The number of aromatic nitrogens is 1. The minimum absolute atomic E-state index is 0.0244. The summed E-state index contributed by atoms with van der Waals surface area (Å²) >= 11 is 6.24. The number of halogens is 1. The lowest BCUT2D eigenvalue weighted by Gasteiger charge is -2.35. The minimum atomic E-state index is -1.05. The molecule has 12 nitrogen and oxygen atoms in total. The molecule has 6 rings (SSSR count). The van der Waals surface area contributed by atoms with Gasteiger partial charge in [0.2, 0.25) is 23.5 Å². The molecule has 0 bridgehead atoms. The Hall–Kier alpha value is -4.32. The van der Waals surface area contributed by atoms with Crippen molar-refractivity contribution in [1.82, 2.24) is 25.8 Å². The molecular weight excluding hydrogens is 648 g/mol. The Morgan fingerprint density at radius 3 is 2.49 bits per heavy atom. The number of oxime groups is 1. The van der Waals surface area contributed by atoms with Gasteiger partial charge in [-0.25, -0.2) is 0 Å². The SMILES string of the molecule is CNC(=O)C(=O)[C@H](CC1CC1)NC(=O)[C@@H]1C[C@]2(CC(c3cccc(Cl)c3)=NO2)CN1C(=O)[C@@H](NC(=O)[C@@H]1C[C@H]1c1ccccn1)C(C)(C)C. The third kappa shape index (κ3) is 7.64. The van der Waals surface area contributed by atoms with Crippen molar-refractivity contribution in [2.75, 3.05) is 13.6 Å². The molecular formula is C36H43ClN6O6. The highest BCUT2D eigenvalue weighted by Gasteiger charge is 2.56.